The van der Waals surface area contributed by atoms with Gasteiger partial charge in [-0.05, 0) is 53.4 Å². The van der Waals surface area contributed by atoms with Gasteiger partial charge < -0.3 is 36.7 Å². The van der Waals surface area contributed by atoms with Crippen LogP contribution < -0.4 is 0 Å². The summed E-state index contributed by atoms with van der Waals surface area (Å²) in [4.78, 5) is 0. The van der Waals surface area contributed by atoms with Gasteiger partial charge in [-0.1, -0.05) is 27.7 Å². The lowest BCUT2D eigenvalue weighted by Gasteiger charge is -2.29. The van der Waals surface area contributed by atoms with E-state index in [1.54, 1.807) is 0 Å². The van der Waals surface area contributed by atoms with Crippen molar-refractivity contribution in [3.8, 4) is 0 Å². The SMILES string of the molecule is CCC(C)OCCO[Si](OCCOC(C)CC)(OCCOC(C)CC)OCCOC(C)CC. The van der Waals surface area contributed by atoms with Crippen LogP contribution in [0.4, 0.5) is 0 Å². The molecule has 0 aromatic heterocycles. The van der Waals surface area contributed by atoms with Gasteiger partial charge in [0.1, 0.15) is 0 Å². The minimum absolute atomic E-state index is 0.171. The first-order valence-corrected chi connectivity index (χ1v) is 14.5. The lowest BCUT2D eigenvalue weighted by molar-refractivity contribution is -0.0809. The van der Waals surface area contributed by atoms with E-state index >= 15 is 0 Å². The second kappa shape index (κ2) is 21.2. The largest absolute Gasteiger partial charge is 0.680 e. The molecule has 200 valence electrons. The Morgan fingerprint density at radius 2 is 0.606 bits per heavy atom. The molecule has 0 heterocycles. The molecule has 0 saturated heterocycles. The number of hydrogen-bond donors (Lipinski definition) is 0. The van der Waals surface area contributed by atoms with E-state index in [9.17, 15) is 0 Å². The molecule has 0 radical (unpaired) electrons. The zero-order chi connectivity index (χ0) is 25.0. The number of ether oxygens (including phenoxy) is 4. The van der Waals surface area contributed by atoms with Gasteiger partial charge in [-0.2, -0.15) is 0 Å². The van der Waals surface area contributed by atoms with Crippen LogP contribution in [0, 0.1) is 0 Å². The van der Waals surface area contributed by atoms with Crippen LogP contribution in [0.3, 0.4) is 0 Å². The Hall–Kier alpha value is -0.103. The second-order valence-corrected chi connectivity index (χ2v) is 10.4. The molecule has 0 saturated carbocycles. The molecule has 0 N–H and O–H groups in total. The Balaban J connectivity index is 5.02. The second-order valence-electron chi connectivity index (χ2n) is 8.25. The molecule has 4 atom stereocenters. The van der Waals surface area contributed by atoms with Gasteiger partial charge in [0.25, 0.3) is 0 Å². The highest BCUT2D eigenvalue weighted by molar-refractivity contribution is 6.53. The lowest BCUT2D eigenvalue weighted by atomic mass is 10.3. The van der Waals surface area contributed by atoms with E-state index in [-0.39, 0.29) is 24.4 Å². The predicted octanol–water partition coefficient (Wildman–Crippen LogP) is 4.75. The lowest BCUT2D eigenvalue weighted by Crippen LogP contribution is -2.51. The van der Waals surface area contributed by atoms with Crippen LogP contribution in [0.15, 0.2) is 0 Å². The summed E-state index contributed by atoms with van der Waals surface area (Å²) >= 11 is 0. The normalized spacial score (nSPS) is 17.5. The maximum absolute atomic E-state index is 6.11. The summed E-state index contributed by atoms with van der Waals surface area (Å²) in [7, 11) is -3.44. The van der Waals surface area contributed by atoms with Crippen molar-refractivity contribution in [2.24, 2.45) is 0 Å². The van der Waals surface area contributed by atoms with Gasteiger partial charge in [-0.25, -0.2) is 0 Å². The van der Waals surface area contributed by atoms with E-state index < -0.39 is 9.05 Å². The third-order valence-electron chi connectivity index (χ3n) is 5.36. The van der Waals surface area contributed by atoms with E-state index in [0.29, 0.717) is 52.9 Å². The first-order chi connectivity index (χ1) is 15.8. The van der Waals surface area contributed by atoms with Crippen LogP contribution >= 0.6 is 0 Å². The molecule has 0 fully saturated rings. The number of hydrogen-bond acceptors (Lipinski definition) is 8. The maximum Gasteiger partial charge on any atom is 0.680 e. The van der Waals surface area contributed by atoms with Crippen molar-refractivity contribution in [1.82, 2.24) is 0 Å². The summed E-state index contributed by atoms with van der Waals surface area (Å²) < 4.78 is 47.5. The molecule has 0 aliphatic heterocycles. The summed E-state index contributed by atoms with van der Waals surface area (Å²) in [6.07, 6.45) is 4.46. The van der Waals surface area contributed by atoms with Gasteiger partial charge in [-0.3, -0.25) is 0 Å². The maximum atomic E-state index is 6.11. The molecule has 8 nitrogen and oxygen atoms in total. The fourth-order valence-corrected chi connectivity index (χ4v) is 4.22. The van der Waals surface area contributed by atoms with Crippen LogP contribution in [0.1, 0.15) is 81.1 Å². The Kier molecular flexibility index (Phi) is 21.1. The molecular weight excluding hydrogens is 444 g/mol. The first kappa shape index (κ1) is 32.9. The zero-order valence-corrected chi connectivity index (χ0v) is 23.6. The van der Waals surface area contributed by atoms with Crippen molar-refractivity contribution < 1.29 is 36.7 Å². The van der Waals surface area contributed by atoms with Crippen molar-refractivity contribution in [1.29, 1.82) is 0 Å². The third-order valence-corrected chi connectivity index (χ3v) is 7.59. The number of rotatable bonds is 24. The molecule has 4 unspecified atom stereocenters. The molecule has 0 aliphatic carbocycles. The Morgan fingerprint density at radius 1 is 0.394 bits per heavy atom. The third kappa shape index (κ3) is 17.9. The van der Waals surface area contributed by atoms with Crippen molar-refractivity contribution in [3.05, 3.63) is 0 Å². The fraction of sp³-hybridized carbons (Fsp3) is 1.00. The smallest absolute Gasteiger partial charge is 0.376 e. The van der Waals surface area contributed by atoms with Gasteiger partial charge in [-0.15, -0.1) is 0 Å². The van der Waals surface area contributed by atoms with Gasteiger partial charge in [0.15, 0.2) is 0 Å². The van der Waals surface area contributed by atoms with E-state index in [1.807, 2.05) is 27.7 Å². The zero-order valence-electron chi connectivity index (χ0n) is 22.6. The summed E-state index contributed by atoms with van der Waals surface area (Å²) in [5.74, 6) is 0. The standard InChI is InChI=1S/C24H52O8Si/c1-9-21(5)25-13-17-29-33(30-18-14-26-22(6)10-2,31-19-15-27-23(7)11-3)32-20-16-28-24(8)12-4/h21-24H,9-20H2,1-8H3. The molecule has 0 spiro atoms. The van der Waals surface area contributed by atoms with Gasteiger partial charge in [0.2, 0.25) is 0 Å². The molecule has 0 bridgehead atoms. The van der Waals surface area contributed by atoms with Crippen LogP contribution in [0.25, 0.3) is 0 Å². The highest BCUT2D eigenvalue weighted by atomic mass is 28.4. The predicted molar refractivity (Wildman–Crippen MR) is 132 cm³/mol. The minimum Gasteiger partial charge on any atom is -0.376 e. The van der Waals surface area contributed by atoms with E-state index in [1.165, 1.54) is 0 Å². The van der Waals surface area contributed by atoms with E-state index in [4.69, 9.17) is 36.7 Å². The topological polar surface area (TPSA) is 73.8 Å². The van der Waals surface area contributed by atoms with Gasteiger partial charge >= 0.3 is 9.05 Å². The first-order valence-electron chi connectivity index (χ1n) is 12.8. The molecule has 33 heavy (non-hydrogen) atoms. The van der Waals surface area contributed by atoms with Crippen LogP contribution in [0.5, 0.6) is 0 Å². The summed E-state index contributed by atoms with van der Waals surface area (Å²) in [5, 5.41) is 0. The van der Waals surface area contributed by atoms with Gasteiger partial charge in [0.05, 0.1) is 77.3 Å². The van der Waals surface area contributed by atoms with Crippen LogP contribution in [0.2, 0.25) is 0 Å². The Morgan fingerprint density at radius 3 is 0.788 bits per heavy atom. The van der Waals surface area contributed by atoms with Crippen molar-refractivity contribution in [2.75, 3.05) is 52.9 Å². The molecule has 0 rings (SSSR count). The average molecular weight is 497 g/mol. The van der Waals surface area contributed by atoms with E-state index in [2.05, 4.69) is 27.7 Å². The average Bonchev–Trinajstić information content (AvgIpc) is 2.83. The van der Waals surface area contributed by atoms with Crippen LogP contribution in [-0.2, 0) is 36.7 Å². The summed E-state index contributed by atoms with van der Waals surface area (Å²) in [6, 6.07) is 0. The highest BCUT2D eigenvalue weighted by Gasteiger charge is 2.46. The minimum atomic E-state index is -3.44. The molecular formula is C24H52O8Si. The van der Waals surface area contributed by atoms with Crippen molar-refractivity contribution in [3.63, 3.8) is 0 Å². The molecule has 9 heteroatoms. The molecule has 0 aliphatic rings. The summed E-state index contributed by atoms with van der Waals surface area (Å²) in [6.45, 7) is 19.6. The van der Waals surface area contributed by atoms with Gasteiger partial charge in [0, 0.05) is 0 Å². The molecule has 0 amide bonds. The Bertz CT molecular complexity index is 352. The summed E-state index contributed by atoms with van der Waals surface area (Å²) in [5.41, 5.74) is 0. The van der Waals surface area contributed by atoms with Crippen molar-refractivity contribution in [2.45, 2.75) is 105 Å². The van der Waals surface area contributed by atoms with E-state index in [0.717, 1.165) is 25.7 Å². The highest BCUT2D eigenvalue weighted by Crippen LogP contribution is 2.14. The molecule has 0 aromatic carbocycles. The quantitative estimate of drug-likeness (QED) is 0.140. The fourth-order valence-electron chi connectivity index (χ4n) is 2.39. The van der Waals surface area contributed by atoms with Crippen LogP contribution in [-0.4, -0.2) is 86.3 Å². The monoisotopic (exact) mass is 496 g/mol. The molecule has 0 aromatic rings. The van der Waals surface area contributed by atoms with Crippen molar-refractivity contribution >= 4 is 9.05 Å². The Labute approximate surface area is 204 Å².